The quantitative estimate of drug-likeness (QED) is 0.139. The van der Waals surface area contributed by atoms with E-state index in [0.29, 0.717) is 23.5 Å². The molecule has 0 bridgehead atoms. The number of non-ortho nitro benzene ring substituents is 1. The van der Waals surface area contributed by atoms with E-state index in [1.54, 1.807) is 35.7 Å². The number of carbonyl (C=O) groups is 2. The molecule has 1 aromatic heterocycles. The topological polar surface area (TPSA) is 123 Å². The second kappa shape index (κ2) is 9.05. The maximum atomic E-state index is 13.0. The highest BCUT2D eigenvalue weighted by molar-refractivity contribution is 7.14. The Morgan fingerprint density at radius 1 is 1.21 bits per heavy atom. The molecule has 1 aliphatic rings. The maximum Gasteiger partial charge on any atom is 0.301 e. The van der Waals surface area contributed by atoms with Crippen LogP contribution in [0.2, 0.25) is 0 Å². The largest absolute Gasteiger partial charge is 0.507 e. The lowest BCUT2D eigenvalue weighted by molar-refractivity contribution is -0.384. The highest BCUT2D eigenvalue weighted by atomic mass is 32.1. The van der Waals surface area contributed by atoms with Crippen molar-refractivity contribution < 1.29 is 24.4 Å². The Balaban J connectivity index is 1.83. The number of nitrogens with zero attached hydrogens (tertiary/aromatic N) is 3. The number of benzene rings is 2. The Morgan fingerprint density at radius 2 is 1.91 bits per heavy atom. The van der Waals surface area contributed by atoms with Crippen LogP contribution in [0.5, 0.6) is 5.75 Å². The van der Waals surface area contributed by atoms with Gasteiger partial charge in [-0.1, -0.05) is 12.7 Å². The molecule has 1 aliphatic heterocycles. The molecule has 10 heteroatoms. The van der Waals surface area contributed by atoms with Gasteiger partial charge >= 0.3 is 5.91 Å². The first-order chi connectivity index (χ1) is 15.9. The highest BCUT2D eigenvalue weighted by Crippen LogP contribution is 2.43. The second-order valence-electron chi connectivity index (χ2n) is 6.96. The van der Waals surface area contributed by atoms with Crippen LogP contribution in [-0.4, -0.2) is 33.3 Å². The predicted octanol–water partition coefficient (Wildman–Crippen LogP) is 4.24. The van der Waals surface area contributed by atoms with Gasteiger partial charge in [0, 0.05) is 29.3 Å². The highest BCUT2D eigenvalue weighted by Gasteiger charge is 2.48. The van der Waals surface area contributed by atoms with Gasteiger partial charge in [0.15, 0.2) is 5.13 Å². The number of nitro benzene ring substituents is 1. The molecule has 0 spiro atoms. The molecule has 1 amide bonds. The van der Waals surface area contributed by atoms with E-state index in [-0.39, 0.29) is 22.2 Å². The van der Waals surface area contributed by atoms with E-state index in [4.69, 9.17) is 4.74 Å². The fraction of sp³-hybridized carbons (Fsp3) is 0.0870. The number of aliphatic hydroxyl groups excluding tert-OH is 1. The summed E-state index contributed by atoms with van der Waals surface area (Å²) in [5.74, 6) is -1.55. The number of aliphatic hydroxyl groups is 1. The van der Waals surface area contributed by atoms with Gasteiger partial charge in [-0.15, -0.1) is 11.3 Å². The third-order valence-corrected chi connectivity index (χ3v) is 5.76. The molecule has 166 valence electrons. The van der Waals surface area contributed by atoms with Crippen molar-refractivity contribution in [3.63, 3.8) is 0 Å². The van der Waals surface area contributed by atoms with Crippen molar-refractivity contribution >= 4 is 39.6 Å². The summed E-state index contributed by atoms with van der Waals surface area (Å²) in [7, 11) is 0. The lowest BCUT2D eigenvalue weighted by Crippen LogP contribution is -2.29. The van der Waals surface area contributed by atoms with E-state index in [2.05, 4.69) is 11.6 Å². The van der Waals surface area contributed by atoms with Crippen molar-refractivity contribution in [2.45, 2.75) is 6.04 Å². The Kier molecular flexibility index (Phi) is 6.01. The number of Topliss-reactive ketones (excluding diaryl/α,β-unsaturated/α-hetero) is 1. The molecule has 9 nitrogen and oxygen atoms in total. The number of thiazole rings is 1. The molecule has 2 aromatic carbocycles. The van der Waals surface area contributed by atoms with Crippen molar-refractivity contribution in [3.8, 4) is 5.75 Å². The summed E-state index contributed by atoms with van der Waals surface area (Å²) in [6, 6.07) is 10.8. The van der Waals surface area contributed by atoms with Crippen LogP contribution >= 0.6 is 11.3 Å². The van der Waals surface area contributed by atoms with Gasteiger partial charge in [0.05, 0.1) is 16.5 Å². The van der Waals surface area contributed by atoms with Crippen LogP contribution in [0.1, 0.15) is 17.2 Å². The van der Waals surface area contributed by atoms with E-state index < -0.39 is 22.7 Å². The molecule has 1 saturated heterocycles. The smallest absolute Gasteiger partial charge is 0.301 e. The van der Waals surface area contributed by atoms with Crippen molar-refractivity contribution in [2.24, 2.45) is 0 Å². The van der Waals surface area contributed by atoms with Crippen LogP contribution in [0.3, 0.4) is 0 Å². The number of nitro groups is 1. The van der Waals surface area contributed by atoms with Gasteiger partial charge in [0.1, 0.15) is 18.1 Å². The summed E-state index contributed by atoms with van der Waals surface area (Å²) in [6.07, 6.45) is 3.09. The van der Waals surface area contributed by atoms with Gasteiger partial charge in [-0.2, -0.15) is 0 Å². The van der Waals surface area contributed by atoms with Gasteiger partial charge in [-0.05, 0) is 42.0 Å². The maximum absolute atomic E-state index is 13.0. The van der Waals surface area contributed by atoms with E-state index in [1.807, 2.05) is 0 Å². The minimum atomic E-state index is -1.01. The van der Waals surface area contributed by atoms with E-state index in [9.17, 15) is 24.8 Å². The second-order valence-corrected chi connectivity index (χ2v) is 7.83. The molecule has 1 N–H and O–H groups in total. The van der Waals surface area contributed by atoms with Gasteiger partial charge in [-0.3, -0.25) is 24.6 Å². The standard InChI is InChI=1S/C23H17N3O6S/c1-2-12-32-17-9-5-15(6-10-17)20(27)18-19(14-3-7-16(8-4-14)26(30)31)25(22(29)21(18)28)23-24-11-13-33-23/h2-11,13,19,27H,1,12H2/t19-/m0/s1. The zero-order valence-corrected chi connectivity index (χ0v) is 17.9. The molecular formula is C23H17N3O6S. The molecule has 2 heterocycles. The number of anilines is 1. The first kappa shape index (κ1) is 21.9. The number of ketones is 1. The average molecular weight is 463 g/mol. The van der Waals surface area contributed by atoms with Crippen LogP contribution in [0, 0.1) is 10.1 Å². The number of carbonyl (C=O) groups excluding carboxylic acids is 2. The molecule has 0 radical (unpaired) electrons. The van der Waals surface area contributed by atoms with Crippen LogP contribution in [-0.2, 0) is 9.59 Å². The number of amides is 1. The Hall–Kier alpha value is -4.31. The number of aromatic nitrogens is 1. The number of hydrogen-bond donors (Lipinski definition) is 1. The van der Waals surface area contributed by atoms with Gasteiger partial charge in [0.2, 0.25) is 0 Å². The van der Waals surface area contributed by atoms with Crippen molar-refractivity contribution in [3.05, 3.63) is 99.6 Å². The fourth-order valence-corrected chi connectivity index (χ4v) is 4.15. The fourth-order valence-electron chi connectivity index (χ4n) is 3.48. The Labute approximate surface area is 192 Å². The van der Waals surface area contributed by atoms with Crippen molar-refractivity contribution in [1.82, 2.24) is 4.98 Å². The molecular weight excluding hydrogens is 446 g/mol. The summed E-state index contributed by atoms with van der Waals surface area (Å²) >= 11 is 1.16. The van der Waals surface area contributed by atoms with Crippen LogP contribution in [0.4, 0.5) is 10.8 Å². The first-order valence-electron chi connectivity index (χ1n) is 9.71. The van der Waals surface area contributed by atoms with Crippen LogP contribution in [0.25, 0.3) is 5.76 Å². The summed E-state index contributed by atoms with van der Waals surface area (Å²) < 4.78 is 5.43. The van der Waals surface area contributed by atoms with E-state index >= 15 is 0 Å². The third-order valence-electron chi connectivity index (χ3n) is 4.99. The zero-order chi connectivity index (χ0) is 23.5. The van der Waals surface area contributed by atoms with Crippen molar-refractivity contribution in [2.75, 3.05) is 11.5 Å². The van der Waals surface area contributed by atoms with E-state index in [1.165, 1.54) is 35.4 Å². The molecule has 1 atom stereocenters. The van der Waals surface area contributed by atoms with E-state index in [0.717, 1.165) is 11.3 Å². The summed E-state index contributed by atoms with van der Waals surface area (Å²) in [4.78, 5) is 41.8. The lowest BCUT2D eigenvalue weighted by atomic mass is 9.95. The minimum absolute atomic E-state index is 0.135. The Morgan fingerprint density at radius 3 is 2.48 bits per heavy atom. The van der Waals surface area contributed by atoms with Gasteiger partial charge in [-0.25, -0.2) is 4.98 Å². The number of rotatable bonds is 7. The molecule has 4 rings (SSSR count). The van der Waals surface area contributed by atoms with Crippen LogP contribution < -0.4 is 9.64 Å². The van der Waals surface area contributed by atoms with Gasteiger partial charge in [0.25, 0.3) is 11.5 Å². The molecule has 0 unspecified atom stereocenters. The molecule has 33 heavy (non-hydrogen) atoms. The monoisotopic (exact) mass is 463 g/mol. The number of ether oxygens (including phenoxy) is 1. The summed E-state index contributed by atoms with van der Waals surface area (Å²) in [5.41, 5.74) is 0.455. The normalized spacial score (nSPS) is 17.2. The third kappa shape index (κ3) is 4.11. The first-order valence-corrected chi connectivity index (χ1v) is 10.6. The van der Waals surface area contributed by atoms with Crippen LogP contribution in [0.15, 0.2) is 78.3 Å². The van der Waals surface area contributed by atoms with Crippen molar-refractivity contribution in [1.29, 1.82) is 0 Å². The average Bonchev–Trinajstić information content (AvgIpc) is 3.44. The summed E-state index contributed by atoms with van der Waals surface area (Å²) in [5, 5.41) is 24.0. The molecule has 3 aromatic rings. The lowest BCUT2D eigenvalue weighted by Gasteiger charge is -2.22. The molecule has 1 fully saturated rings. The zero-order valence-electron chi connectivity index (χ0n) is 17.1. The predicted molar refractivity (Wildman–Crippen MR) is 122 cm³/mol. The summed E-state index contributed by atoms with van der Waals surface area (Å²) in [6.45, 7) is 3.89. The number of hydrogen-bond acceptors (Lipinski definition) is 8. The Bertz CT molecular complexity index is 1250. The molecule has 0 saturated carbocycles. The molecule has 0 aliphatic carbocycles. The van der Waals surface area contributed by atoms with Gasteiger partial charge < -0.3 is 9.84 Å². The minimum Gasteiger partial charge on any atom is -0.507 e. The SMILES string of the molecule is C=CCOc1ccc(C(O)=C2C(=O)C(=O)N(c3nccs3)[C@H]2c2ccc([N+](=O)[O-])cc2)cc1.